The fourth-order valence-corrected chi connectivity index (χ4v) is 2.73. The summed E-state index contributed by atoms with van der Waals surface area (Å²) in [6, 6.07) is 0.389. The molecule has 0 spiro atoms. The summed E-state index contributed by atoms with van der Waals surface area (Å²) >= 11 is 0. The van der Waals surface area contributed by atoms with Crippen molar-refractivity contribution in [2.24, 2.45) is 0 Å². The van der Waals surface area contributed by atoms with Crippen LogP contribution in [0.4, 0.5) is 0 Å². The number of nitrogens with zero attached hydrogens (tertiary/aromatic N) is 3. The Bertz CT molecular complexity index is 425. The molecule has 1 fully saturated rings. The molecule has 2 rings (SSSR count). The van der Waals surface area contributed by atoms with Gasteiger partial charge < -0.3 is 9.84 Å². The third-order valence-corrected chi connectivity index (χ3v) is 3.90. The van der Waals surface area contributed by atoms with E-state index in [-0.39, 0.29) is 18.2 Å². The Morgan fingerprint density at radius 3 is 2.75 bits per heavy atom. The molecule has 2 unspecified atom stereocenters. The van der Waals surface area contributed by atoms with Crippen LogP contribution in [0, 0.1) is 0 Å². The molecule has 2 atom stereocenters. The topological polar surface area (TPSA) is 50.5 Å². The lowest BCUT2D eigenvalue weighted by atomic mass is 10.1. The van der Waals surface area contributed by atoms with Crippen LogP contribution in [-0.4, -0.2) is 51.7 Å². The highest BCUT2D eigenvalue weighted by Crippen LogP contribution is 2.22. The molecule has 0 saturated carbocycles. The Morgan fingerprint density at radius 2 is 2.25 bits per heavy atom. The summed E-state index contributed by atoms with van der Waals surface area (Å²) in [6.45, 7) is 11.0. The Kier molecular flexibility index (Phi) is 4.83. The average molecular weight is 281 g/mol. The van der Waals surface area contributed by atoms with Crippen LogP contribution in [0.1, 0.15) is 39.7 Å². The molecule has 114 valence electrons. The molecule has 0 bridgehead atoms. The maximum absolute atomic E-state index is 9.29. The molecule has 5 nitrogen and oxygen atoms in total. The molecule has 2 heterocycles. The van der Waals surface area contributed by atoms with Crippen LogP contribution in [0.3, 0.4) is 0 Å². The smallest absolute Gasteiger partial charge is 0.0703 e. The first-order chi connectivity index (χ1) is 9.41. The van der Waals surface area contributed by atoms with Gasteiger partial charge in [-0.05, 0) is 34.1 Å². The lowest BCUT2D eigenvalue weighted by molar-refractivity contribution is 0.0621. The summed E-state index contributed by atoms with van der Waals surface area (Å²) in [4.78, 5) is 2.31. The number of aromatic nitrogens is 2. The summed E-state index contributed by atoms with van der Waals surface area (Å²) in [5.41, 5.74) is 1.19. The van der Waals surface area contributed by atoms with Crippen LogP contribution in [-0.2, 0) is 16.8 Å². The lowest BCUT2D eigenvalue weighted by Gasteiger charge is -2.29. The van der Waals surface area contributed by atoms with E-state index in [1.165, 1.54) is 5.56 Å². The number of hydrogen-bond acceptors (Lipinski definition) is 4. The van der Waals surface area contributed by atoms with Gasteiger partial charge in [0.15, 0.2) is 0 Å². The number of aliphatic hydroxyl groups excluding tert-OH is 1. The van der Waals surface area contributed by atoms with Gasteiger partial charge >= 0.3 is 0 Å². The second kappa shape index (κ2) is 6.24. The summed E-state index contributed by atoms with van der Waals surface area (Å²) in [6.07, 6.45) is 5.30. The second-order valence-corrected chi connectivity index (χ2v) is 6.59. The lowest BCUT2D eigenvalue weighted by Crippen LogP contribution is -2.40. The third kappa shape index (κ3) is 3.59. The van der Waals surface area contributed by atoms with E-state index in [1.807, 2.05) is 10.9 Å². The fourth-order valence-electron chi connectivity index (χ4n) is 2.73. The van der Waals surface area contributed by atoms with Crippen molar-refractivity contribution >= 4 is 0 Å². The predicted molar refractivity (Wildman–Crippen MR) is 78.5 cm³/mol. The Hall–Kier alpha value is -0.910. The SMILES string of the molecule is CC1OCCC1N(CCO)Cc1cnn(C(C)(C)C)c1. The summed E-state index contributed by atoms with van der Waals surface area (Å²) in [7, 11) is 0. The van der Waals surface area contributed by atoms with E-state index in [4.69, 9.17) is 4.74 Å². The molecule has 0 aliphatic carbocycles. The van der Waals surface area contributed by atoms with Gasteiger partial charge in [0.1, 0.15) is 0 Å². The van der Waals surface area contributed by atoms with Crippen LogP contribution in [0.15, 0.2) is 12.4 Å². The molecule has 20 heavy (non-hydrogen) atoms. The first-order valence-electron chi connectivity index (χ1n) is 7.42. The van der Waals surface area contributed by atoms with Crippen molar-refractivity contribution < 1.29 is 9.84 Å². The third-order valence-electron chi connectivity index (χ3n) is 3.90. The van der Waals surface area contributed by atoms with E-state index in [2.05, 4.69) is 43.9 Å². The van der Waals surface area contributed by atoms with Crippen LogP contribution >= 0.6 is 0 Å². The van der Waals surface area contributed by atoms with Gasteiger partial charge in [-0.2, -0.15) is 5.10 Å². The molecule has 0 radical (unpaired) electrons. The molecule has 1 N–H and O–H groups in total. The first-order valence-corrected chi connectivity index (χ1v) is 7.42. The highest BCUT2D eigenvalue weighted by Gasteiger charge is 2.30. The Morgan fingerprint density at radius 1 is 1.50 bits per heavy atom. The van der Waals surface area contributed by atoms with Crippen molar-refractivity contribution in [2.75, 3.05) is 19.8 Å². The maximum Gasteiger partial charge on any atom is 0.0703 e. The van der Waals surface area contributed by atoms with Gasteiger partial charge in [-0.1, -0.05) is 0 Å². The number of hydrogen-bond donors (Lipinski definition) is 1. The van der Waals surface area contributed by atoms with Crippen molar-refractivity contribution in [1.82, 2.24) is 14.7 Å². The van der Waals surface area contributed by atoms with Crippen molar-refractivity contribution in [2.45, 2.75) is 58.3 Å². The van der Waals surface area contributed by atoms with Gasteiger partial charge in [-0.25, -0.2) is 0 Å². The fraction of sp³-hybridized carbons (Fsp3) is 0.800. The molecule has 1 aliphatic heterocycles. The van der Waals surface area contributed by atoms with Crippen molar-refractivity contribution in [3.63, 3.8) is 0 Å². The normalized spacial score (nSPS) is 23.7. The molecule has 5 heteroatoms. The summed E-state index contributed by atoms with van der Waals surface area (Å²) in [5.74, 6) is 0. The molecule has 0 amide bonds. The quantitative estimate of drug-likeness (QED) is 0.891. The van der Waals surface area contributed by atoms with E-state index in [0.29, 0.717) is 12.6 Å². The van der Waals surface area contributed by atoms with Gasteiger partial charge in [0, 0.05) is 37.5 Å². The monoisotopic (exact) mass is 281 g/mol. The largest absolute Gasteiger partial charge is 0.395 e. The zero-order valence-corrected chi connectivity index (χ0v) is 13.0. The minimum Gasteiger partial charge on any atom is -0.395 e. The second-order valence-electron chi connectivity index (χ2n) is 6.59. The molecule has 1 aromatic heterocycles. The average Bonchev–Trinajstić information content (AvgIpc) is 2.96. The van der Waals surface area contributed by atoms with Gasteiger partial charge in [-0.3, -0.25) is 9.58 Å². The highest BCUT2D eigenvalue weighted by molar-refractivity contribution is 5.06. The molecule has 1 aliphatic rings. The Labute approximate surface area is 121 Å². The minimum absolute atomic E-state index is 0.00379. The van der Waals surface area contributed by atoms with Crippen molar-refractivity contribution in [3.8, 4) is 0 Å². The Balaban J connectivity index is 2.06. The van der Waals surface area contributed by atoms with E-state index >= 15 is 0 Å². The predicted octanol–water partition coefficient (Wildman–Crippen LogP) is 1.61. The zero-order valence-electron chi connectivity index (χ0n) is 13.0. The molecule has 1 saturated heterocycles. The van der Waals surface area contributed by atoms with Crippen LogP contribution in [0.25, 0.3) is 0 Å². The van der Waals surface area contributed by atoms with Gasteiger partial charge in [-0.15, -0.1) is 0 Å². The first kappa shape index (κ1) is 15.5. The number of aliphatic hydroxyl groups is 1. The van der Waals surface area contributed by atoms with Gasteiger partial charge in [0.2, 0.25) is 0 Å². The summed E-state index contributed by atoms with van der Waals surface area (Å²) < 4.78 is 7.64. The number of ether oxygens (including phenoxy) is 1. The summed E-state index contributed by atoms with van der Waals surface area (Å²) in [5, 5.41) is 13.7. The van der Waals surface area contributed by atoms with Crippen molar-refractivity contribution in [1.29, 1.82) is 0 Å². The van der Waals surface area contributed by atoms with Crippen LogP contribution in [0.5, 0.6) is 0 Å². The number of rotatable bonds is 5. The van der Waals surface area contributed by atoms with E-state index in [0.717, 1.165) is 19.6 Å². The van der Waals surface area contributed by atoms with Crippen LogP contribution in [0.2, 0.25) is 0 Å². The maximum atomic E-state index is 9.29. The molecule has 1 aromatic rings. The standard InChI is InChI=1S/C15H27N3O2/c1-12-14(5-8-20-12)17(6-7-19)10-13-9-16-18(11-13)15(2,3)4/h9,11-12,14,19H,5-8,10H2,1-4H3. The van der Waals surface area contributed by atoms with Crippen molar-refractivity contribution in [3.05, 3.63) is 18.0 Å². The molecule has 0 aromatic carbocycles. The van der Waals surface area contributed by atoms with Crippen LogP contribution < -0.4 is 0 Å². The van der Waals surface area contributed by atoms with E-state index in [1.54, 1.807) is 0 Å². The highest BCUT2D eigenvalue weighted by atomic mass is 16.5. The van der Waals surface area contributed by atoms with E-state index < -0.39 is 0 Å². The minimum atomic E-state index is 0.00379. The van der Waals surface area contributed by atoms with Gasteiger partial charge in [0.05, 0.1) is 24.4 Å². The molecular weight excluding hydrogens is 254 g/mol. The van der Waals surface area contributed by atoms with E-state index in [9.17, 15) is 5.11 Å². The van der Waals surface area contributed by atoms with Gasteiger partial charge in [0.25, 0.3) is 0 Å². The molecular formula is C15H27N3O2. The zero-order chi connectivity index (χ0) is 14.8.